The molecule has 0 amide bonds. The number of ether oxygens (including phenoxy) is 3. The highest BCUT2D eigenvalue weighted by Crippen LogP contribution is 2.29. The zero-order chi connectivity index (χ0) is 23.8. The van der Waals surface area contributed by atoms with E-state index in [-0.39, 0.29) is 30.6 Å². The number of carboxylic acid groups (broad SMARTS) is 1. The zero-order valence-corrected chi connectivity index (χ0v) is 20.1. The van der Waals surface area contributed by atoms with Crippen LogP contribution in [0.5, 0.6) is 17.2 Å². The van der Waals surface area contributed by atoms with Crippen molar-refractivity contribution < 1.29 is 24.1 Å². The maximum Gasteiger partial charge on any atom is 0.303 e. The number of benzene rings is 1. The van der Waals surface area contributed by atoms with Gasteiger partial charge in [-0.3, -0.25) is 9.78 Å². The molecular weight excluding hydrogens is 462 g/mol. The molecular formula is C23H30ClN5O5. The lowest BCUT2D eigenvalue weighted by Crippen LogP contribution is -2.11. The van der Waals surface area contributed by atoms with Crippen LogP contribution in [0.1, 0.15) is 37.6 Å². The minimum absolute atomic E-state index is 0. The lowest BCUT2D eigenvalue weighted by Gasteiger charge is -2.14. The molecule has 0 spiro atoms. The van der Waals surface area contributed by atoms with Crippen LogP contribution in [0.25, 0.3) is 10.9 Å². The van der Waals surface area contributed by atoms with Gasteiger partial charge in [0.15, 0.2) is 11.6 Å². The topological polar surface area (TPSA) is 156 Å². The standard InChI is InChI=1S/C23H29N5O5.ClH/c1-3-17-21(22(24)28-23(25)27-17)33-11-5-10-32-19-12-14(2)26-18-8-7-15(13-16(18)19)31-9-4-6-20(29)30;/h7-8,12-13H,3-6,9-11H2,1-2H3,(H,29,30)(H4,24,25,27,28);1H. The number of carbonyl (C=O) groups is 1. The molecule has 3 aromatic rings. The Kier molecular flexibility index (Phi) is 9.93. The van der Waals surface area contributed by atoms with E-state index in [0.717, 1.165) is 16.6 Å². The van der Waals surface area contributed by atoms with Gasteiger partial charge in [-0.15, -0.1) is 12.4 Å². The Hall–Kier alpha value is -3.53. The largest absolute Gasteiger partial charge is 0.494 e. The molecule has 0 bridgehead atoms. The van der Waals surface area contributed by atoms with Gasteiger partial charge in [0, 0.05) is 30.0 Å². The first-order valence-corrected chi connectivity index (χ1v) is 10.8. The molecule has 0 aliphatic rings. The van der Waals surface area contributed by atoms with Gasteiger partial charge in [0.25, 0.3) is 0 Å². The summed E-state index contributed by atoms with van der Waals surface area (Å²) in [4.78, 5) is 23.3. The summed E-state index contributed by atoms with van der Waals surface area (Å²) in [6.45, 7) is 4.96. The summed E-state index contributed by atoms with van der Waals surface area (Å²) in [5, 5.41) is 9.56. The summed E-state index contributed by atoms with van der Waals surface area (Å²) < 4.78 is 17.5. The molecule has 5 N–H and O–H groups in total. The molecule has 0 fully saturated rings. The minimum Gasteiger partial charge on any atom is -0.494 e. The number of nitrogens with two attached hydrogens (primary N) is 2. The van der Waals surface area contributed by atoms with E-state index in [1.54, 1.807) is 0 Å². The smallest absolute Gasteiger partial charge is 0.303 e. The fourth-order valence-electron chi connectivity index (χ4n) is 3.27. The van der Waals surface area contributed by atoms with E-state index in [1.807, 2.05) is 38.1 Å². The van der Waals surface area contributed by atoms with Crippen molar-refractivity contribution in [2.45, 2.75) is 39.5 Å². The number of hydrogen-bond acceptors (Lipinski definition) is 9. The fourth-order valence-corrected chi connectivity index (χ4v) is 3.27. The molecule has 1 aromatic carbocycles. The molecule has 34 heavy (non-hydrogen) atoms. The first-order chi connectivity index (χ1) is 15.9. The highest BCUT2D eigenvalue weighted by Gasteiger charge is 2.12. The Morgan fingerprint density at radius 1 is 1.00 bits per heavy atom. The van der Waals surface area contributed by atoms with Crippen LogP contribution in [-0.2, 0) is 11.2 Å². The third-order valence-electron chi connectivity index (χ3n) is 4.78. The summed E-state index contributed by atoms with van der Waals surface area (Å²) >= 11 is 0. The number of anilines is 2. The molecule has 3 rings (SSSR count). The molecule has 0 saturated carbocycles. The van der Waals surface area contributed by atoms with Crippen LogP contribution in [0.2, 0.25) is 0 Å². The number of rotatable bonds is 12. The number of fused-ring (bicyclic) bond motifs is 1. The second-order valence-corrected chi connectivity index (χ2v) is 7.43. The van der Waals surface area contributed by atoms with Crippen molar-refractivity contribution in [3.63, 3.8) is 0 Å². The van der Waals surface area contributed by atoms with Crippen LogP contribution in [0, 0.1) is 6.92 Å². The van der Waals surface area contributed by atoms with Crippen molar-refractivity contribution in [3.8, 4) is 17.2 Å². The molecule has 10 nitrogen and oxygen atoms in total. The van der Waals surface area contributed by atoms with Gasteiger partial charge in [-0.05, 0) is 38.0 Å². The maximum atomic E-state index is 10.6. The third-order valence-corrected chi connectivity index (χ3v) is 4.78. The number of carboxylic acids is 1. The van der Waals surface area contributed by atoms with E-state index in [0.29, 0.717) is 62.0 Å². The summed E-state index contributed by atoms with van der Waals surface area (Å²) in [5.41, 5.74) is 13.9. The van der Waals surface area contributed by atoms with Crippen LogP contribution >= 0.6 is 12.4 Å². The van der Waals surface area contributed by atoms with Gasteiger partial charge in [-0.1, -0.05) is 6.92 Å². The molecule has 11 heteroatoms. The van der Waals surface area contributed by atoms with Crippen molar-refractivity contribution in [2.75, 3.05) is 31.3 Å². The van der Waals surface area contributed by atoms with Crippen LogP contribution in [0.15, 0.2) is 24.3 Å². The van der Waals surface area contributed by atoms with E-state index < -0.39 is 5.97 Å². The van der Waals surface area contributed by atoms with Gasteiger partial charge < -0.3 is 30.8 Å². The van der Waals surface area contributed by atoms with Crippen molar-refractivity contribution >= 4 is 41.0 Å². The number of pyridine rings is 1. The maximum absolute atomic E-state index is 10.6. The molecule has 0 aliphatic heterocycles. The normalized spacial score (nSPS) is 10.5. The van der Waals surface area contributed by atoms with E-state index in [1.165, 1.54) is 0 Å². The van der Waals surface area contributed by atoms with Crippen molar-refractivity contribution in [3.05, 3.63) is 35.7 Å². The average molecular weight is 492 g/mol. The Morgan fingerprint density at radius 3 is 2.47 bits per heavy atom. The van der Waals surface area contributed by atoms with Crippen LogP contribution in [0.4, 0.5) is 11.8 Å². The van der Waals surface area contributed by atoms with Crippen molar-refractivity contribution in [2.24, 2.45) is 0 Å². The molecule has 0 atom stereocenters. The number of halogens is 1. The molecule has 0 aliphatic carbocycles. The number of aryl methyl sites for hydroxylation is 2. The molecule has 0 unspecified atom stereocenters. The van der Waals surface area contributed by atoms with Gasteiger partial charge in [0.2, 0.25) is 5.95 Å². The first-order valence-electron chi connectivity index (χ1n) is 10.8. The van der Waals surface area contributed by atoms with Crippen LogP contribution < -0.4 is 25.7 Å². The molecule has 0 radical (unpaired) electrons. The van der Waals surface area contributed by atoms with Gasteiger partial charge in [-0.2, -0.15) is 4.98 Å². The van der Waals surface area contributed by atoms with Crippen molar-refractivity contribution in [1.82, 2.24) is 15.0 Å². The second kappa shape index (κ2) is 12.6. The van der Waals surface area contributed by atoms with Gasteiger partial charge >= 0.3 is 5.97 Å². The predicted octanol–water partition coefficient (Wildman–Crippen LogP) is 3.57. The van der Waals surface area contributed by atoms with Crippen LogP contribution in [0.3, 0.4) is 0 Å². The second-order valence-electron chi connectivity index (χ2n) is 7.43. The molecule has 2 heterocycles. The third kappa shape index (κ3) is 7.24. The number of aliphatic carboxylic acids is 1. The minimum atomic E-state index is -0.839. The lowest BCUT2D eigenvalue weighted by atomic mass is 10.1. The quantitative estimate of drug-likeness (QED) is 0.320. The molecule has 2 aromatic heterocycles. The highest BCUT2D eigenvalue weighted by molar-refractivity contribution is 5.86. The van der Waals surface area contributed by atoms with E-state index in [4.69, 9.17) is 30.8 Å². The highest BCUT2D eigenvalue weighted by atomic mass is 35.5. The van der Waals surface area contributed by atoms with E-state index >= 15 is 0 Å². The Morgan fingerprint density at radius 2 is 1.74 bits per heavy atom. The lowest BCUT2D eigenvalue weighted by molar-refractivity contribution is -0.137. The Balaban J connectivity index is 0.00000408. The summed E-state index contributed by atoms with van der Waals surface area (Å²) in [6, 6.07) is 7.41. The summed E-state index contributed by atoms with van der Waals surface area (Å²) in [6.07, 6.45) is 1.75. The fraction of sp³-hybridized carbons (Fsp3) is 0.391. The zero-order valence-electron chi connectivity index (χ0n) is 19.2. The number of hydrogen-bond donors (Lipinski definition) is 3. The summed E-state index contributed by atoms with van der Waals surface area (Å²) in [7, 11) is 0. The van der Waals surface area contributed by atoms with Crippen molar-refractivity contribution in [1.29, 1.82) is 0 Å². The van der Waals surface area contributed by atoms with Gasteiger partial charge in [0.05, 0.1) is 31.0 Å². The number of aromatic nitrogens is 3. The molecule has 0 saturated heterocycles. The van der Waals surface area contributed by atoms with E-state index in [9.17, 15) is 4.79 Å². The summed E-state index contributed by atoms with van der Waals surface area (Å²) in [5.74, 6) is 1.31. The number of nitrogen functional groups attached to an aromatic ring is 2. The van der Waals surface area contributed by atoms with Gasteiger partial charge in [0.1, 0.15) is 11.5 Å². The first kappa shape index (κ1) is 26.7. The Bertz CT molecular complexity index is 1130. The van der Waals surface area contributed by atoms with Gasteiger partial charge in [-0.25, -0.2) is 4.98 Å². The van der Waals surface area contributed by atoms with Crippen LogP contribution in [-0.4, -0.2) is 45.8 Å². The average Bonchev–Trinajstić information content (AvgIpc) is 2.77. The molecule has 184 valence electrons. The SMILES string of the molecule is CCc1nc(N)nc(N)c1OCCCOc1cc(C)nc2ccc(OCCCC(=O)O)cc12.Cl. The monoisotopic (exact) mass is 491 g/mol. The number of nitrogens with zero attached hydrogens (tertiary/aromatic N) is 3. The Labute approximate surface area is 204 Å². The predicted molar refractivity (Wildman–Crippen MR) is 132 cm³/mol. The van der Waals surface area contributed by atoms with E-state index in [2.05, 4.69) is 15.0 Å².